The standard InChI is InChI=1S/C16H26N2O3S/c1-11-9-13(20-6)10-12(2)14(11)22-18-8-7-17-15(19)21-16(3,4)5/h9-10,18H,7-8H2,1-6H3,(H,17,19). The molecule has 124 valence electrons. The van der Waals surface area contributed by atoms with Gasteiger partial charge in [-0.2, -0.15) is 0 Å². The zero-order valence-electron chi connectivity index (χ0n) is 14.2. The second-order valence-electron chi connectivity index (χ2n) is 6.02. The van der Waals surface area contributed by atoms with E-state index in [2.05, 4.69) is 23.9 Å². The Hall–Kier alpha value is -1.40. The molecule has 22 heavy (non-hydrogen) atoms. The third kappa shape index (κ3) is 6.58. The van der Waals surface area contributed by atoms with E-state index in [0.29, 0.717) is 13.1 Å². The first-order valence-corrected chi connectivity index (χ1v) is 8.06. The SMILES string of the molecule is COc1cc(C)c(SNCCNC(=O)OC(C)(C)C)c(C)c1. The smallest absolute Gasteiger partial charge is 0.407 e. The molecule has 1 rings (SSSR count). The molecule has 0 aliphatic rings. The van der Waals surface area contributed by atoms with Gasteiger partial charge < -0.3 is 14.8 Å². The molecule has 1 amide bonds. The number of benzene rings is 1. The molecule has 0 unspecified atom stereocenters. The van der Waals surface area contributed by atoms with Crippen molar-refractivity contribution in [2.24, 2.45) is 0 Å². The monoisotopic (exact) mass is 326 g/mol. The van der Waals surface area contributed by atoms with Crippen molar-refractivity contribution in [2.45, 2.75) is 45.1 Å². The van der Waals surface area contributed by atoms with Gasteiger partial charge in [0.05, 0.1) is 7.11 Å². The van der Waals surface area contributed by atoms with Crippen molar-refractivity contribution in [3.05, 3.63) is 23.3 Å². The third-order valence-electron chi connectivity index (χ3n) is 2.74. The highest BCUT2D eigenvalue weighted by atomic mass is 32.2. The van der Waals surface area contributed by atoms with Crippen LogP contribution in [0.3, 0.4) is 0 Å². The number of amides is 1. The van der Waals surface area contributed by atoms with E-state index in [1.807, 2.05) is 32.9 Å². The first-order valence-electron chi connectivity index (χ1n) is 7.24. The van der Waals surface area contributed by atoms with Crippen LogP contribution in [0.4, 0.5) is 4.79 Å². The normalized spacial score (nSPS) is 11.2. The number of carbonyl (C=O) groups excluding carboxylic acids is 1. The molecule has 0 radical (unpaired) electrons. The summed E-state index contributed by atoms with van der Waals surface area (Å²) in [5.41, 5.74) is 1.85. The predicted octanol–water partition coefficient (Wildman–Crippen LogP) is 3.43. The topological polar surface area (TPSA) is 59.6 Å². The molecule has 0 bridgehead atoms. The summed E-state index contributed by atoms with van der Waals surface area (Å²) in [4.78, 5) is 12.7. The molecule has 0 saturated carbocycles. The van der Waals surface area contributed by atoms with E-state index < -0.39 is 11.7 Å². The zero-order valence-corrected chi connectivity index (χ0v) is 15.0. The number of rotatable bonds is 6. The highest BCUT2D eigenvalue weighted by Crippen LogP contribution is 2.28. The molecule has 0 fully saturated rings. The van der Waals surface area contributed by atoms with Crippen LogP contribution in [-0.4, -0.2) is 31.9 Å². The summed E-state index contributed by atoms with van der Waals surface area (Å²) in [6.07, 6.45) is -0.392. The minimum absolute atomic E-state index is 0.392. The number of hydrogen-bond donors (Lipinski definition) is 2. The third-order valence-corrected chi connectivity index (χ3v) is 3.94. The molecule has 0 heterocycles. The van der Waals surface area contributed by atoms with Crippen LogP contribution in [-0.2, 0) is 4.74 Å². The van der Waals surface area contributed by atoms with Crippen LogP contribution in [0.25, 0.3) is 0 Å². The molecule has 5 nitrogen and oxygen atoms in total. The summed E-state index contributed by atoms with van der Waals surface area (Å²) in [5.74, 6) is 0.867. The Bertz CT molecular complexity index is 490. The summed E-state index contributed by atoms with van der Waals surface area (Å²) in [6.45, 7) is 10.8. The molecule has 0 atom stereocenters. The molecule has 1 aromatic rings. The van der Waals surface area contributed by atoms with Crippen molar-refractivity contribution in [2.75, 3.05) is 20.2 Å². The maximum atomic E-state index is 11.5. The van der Waals surface area contributed by atoms with Gasteiger partial charge in [0.2, 0.25) is 0 Å². The Balaban J connectivity index is 2.35. The highest BCUT2D eigenvalue weighted by molar-refractivity contribution is 7.97. The average molecular weight is 326 g/mol. The number of methoxy groups -OCH3 is 1. The van der Waals surface area contributed by atoms with Crippen LogP contribution in [0.15, 0.2) is 17.0 Å². The van der Waals surface area contributed by atoms with Gasteiger partial charge in [0, 0.05) is 18.0 Å². The van der Waals surface area contributed by atoms with Crippen molar-refractivity contribution in [1.29, 1.82) is 0 Å². The number of nitrogens with one attached hydrogen (secondary N) is 2. The number of alkyl carbamates (subject to hydrolysis) is 1. The van der Waals surface area contributed by atoms with E-state index in [-0.39, 0.29) is 0 Å². The van der Waals surface area contributed by atoms with Crippen LogP contribution in [0.5, 0.6) is 5.75 Å². The first-order chi connectivity index (χ1) is 10.2. The fourth-order valence-electron chi connectivity index (χ4n) is 1.84. The summed E-state index contributed by atoms with van der Waals surface area (Å²) >= 11 is 1.56. The second-order valence-corrected chi connectivity index (χ2v) is 6.92. The predicted molar refractivity (Wildman–Crippen MR) is 90.6 cm³/mol. The van der Waals surface area contributed by atoms with Gasteiger partial charge >= 0.3 is 6.09 Å². The van der Waals surface area contributed by atoms with Gasteiger partial charge in [-0.1, -0.05) is 0 Å². The number of aryl methyl sites for hydroxylation is 2. The maximum Gasteiger partial charge on any atom is 0.407 e. The lowest BCUT2D eigenvalue weighted by molar-refractivity contribution is 0.0529. The van der Waals surface area contributed by atoms with Gasteiger partial charge in [-0.05, 0) is 69.8 Å². The van der Waals surface area contributed by atoms with Crippen LogP contribution >= 0.6 is 11.9 Å². The van der Waals surface area contributed by atoms with E-state index >= 15 is 0 Å². The second kappa shape index (κ2) is 8.29. The van der Waals surface area contributed by atoms with Crippen LogP contribution in [0.2, 0.25) is 0 Å². The Kier molecular flexibility index (Phi) is 7.03. The summed E-state index contributed by atoms with van der Waals surface area (Å²) in [6, 6.07) is 4.02. The lowest BCUT2D eigenvalue weighted by Gasteiger charge is -2.19. The van der Waals surface area contributed by atoms with Gasteiger partial charge in [-0.25, -0.2) is 4.79 Å². The molecule has 0 saturated heterocycles. The van der Waals surface area contributed by atoms with Crippen molar-refractivity contribution in [3.8, 4) is 5.75 Å². The lowest BCUT2D eigenvalue weighted by atomic mass is 10.1. The van der Waals surface area contributed by atoms with Crippen molar-refractivity contribution >= 4 is 18.0 Å². The highest BCUT2D eigenvalue weighted by Gasteiger charge is 2.15. The first kappa shape index (κ1) is 18.6. The molecule has 1 aromatic carbocycles. The Morgan fingerprint density at radius 3 is 2.27 bits per heavy atom. The summed E-state index contributed by atoms with van der Waals surface area (Å²) in [5, 5.41) is 2.72. The molecule has 0 aliphatic carbocycles. The molecule has 0 aromatic heterocycles. The van der Waals surface area contributed by atoms with Crippen molar-refractivity contribution < 1.29 is 14.3 Å². The zero-order chi connectivity index (χ0) is 16.8. The van der Waals surface area contributed by atoms with E-state index in [9.17, 15) is 4.79 Å². The van der Waals surface area contributed by atoms with Crippen LogP contribution in [0, 0.1) is 13.8 Å². The largest absolute Gasteiger partial charge is 0.497 e. The fourth-order valence-corrected chi connectivity index (χ4v) is 2.63. The Morgan fingerprint density at radius 2 is 1.77 bits per heavy atom. The number of ether oxygens (including phenoxy) is 2. The van der Waals surface area contributed by atoms with E-state index in [1.54, 1.807) is 19.1 Å². The molecular formula is C16H26N2O3S. The minimum atomic E-state index is -0.469. The molecule has 0 spiro atoms. The molecule has 0 aliphatic heterocycles. The quantitative estimate of drug-likeness (QED) is 0.619. The van der Waals surface area contributed by atoms with Gasteiger partial charge in [0.25, 0.3) is 0 Å². The lowest BCUT2D eigenvalue weighted by Crippen LogP contribution is -2.35. The summed E-state index contributed by atoms with van der Waals surface area (Å²) in [7, 11) is 1.67. The molecule has 2 N–H and O–H groups in total. The van der Waals surface area contributed by atoms with Crippen molar-refractivity contribution in [3.63, 3.8) is 0 Å². The van der Waals surface area contributed by atoms with Gasteiger partial charge in [-0.3, -0.25) is 4.72 Å². The van der Waals surface area contributed by atoms with E-state index in [1.165, 1.54) is 4.90 Å². The van der Waals surface area contributed by atoms with Crippen LogP contribution < -0.4 is 14.8 Å². The number of hydrogen-bond acceptors (Lipinski definition) is 5. The molecular weight excluding hydrogens is 300 g/mol. The van der Waals surface area contributed by atoms with Crippen molar-refractivity contribution in [1.82, 2.24) is 10.0 Å². The minimum Gasteiger partial charge on any atom is -0.497 e. The van der Waals surface area contributed by atoms with E-state index in [0.717, 1.165) is 16.9 Å². The Labute approximate surface area is 137 Å². The number of carbonyl (C=O) groups is 1. The summed E-state index contributed by atoms with van der Waals surface area (Å²) < 4.78 is 13.7. The van der Waals surface area contributed by atoms with Crippen LogP contribution in [0.1, 0.15) is 31.9 Å². The fraction of sp³-hybridized carbons (Fsp3) is 0.562. The van der Waals surface area contributed by atoms with Gasteiger partial charge in [0.1, 0.15) is 11.4 Å². The van der Waals surface area contributed by atoms with Gasteiger partial charge in [-0.15, -0.1) is 0 Å². The van der Waals surface area contributed by atoms with Gasteiger partial charge in [0.15, 0.2) is 0 Å². The average Bonchev–Trinajstić information content (AvgIpc) is 2.38. The van der Waals surface area contributed by atoms with E-state index in [4.69, 9.17) is 9.47 Å². The maximum absolute atomic E-state index is 11.5. The Morgan fingerprint density at radius 1 is 1.18 bits per heavy atom. The molecule has 6 heteroatoms.